The smallest absolute Gasteiger partial charge is 0.219 e. The van der Waals surface area contributed by atoms with Crippen LogP contribution in [0.3, 0.4) is 0 Å². The summed E-state index contributed by atoms with van der Waals surface area (Å²) in [6.07, 6.45) is 2.36. The van der Waals surface area contributed by atoms with E-state index in [1.54, 1.807) is 13.0 Å². The Bertz CT molecular complexity index is 760. The van der Waals surface area contributed by atoms with E-state index in [0.29, 0.717) is 30.8 Å². The van der Waals surface area contributed by atoms with Gasteiger partial charge in [-0.2, -0.15) is 0 Å². The van der Waals surface area contributed by atoms with Crippen LogP contribution >= 0.6 is 0 Å². The van der Waals surface area contributed by atoms with Gasteiger partial charge in [-0.1, -0.05) is 6.07 Å². The van der Waals surface area contributed by atoms with Gasteiger partial charge in [0.25, 0.3) is 0 Å². The molecule has 0 bridgehead atoms. The predicted octanol–water partition coefficient (Wildman–Crippen LogP) is 2.39. The van der Waals surface area contributed by atoms with Crippen molar-refractivity contribution in [1.82, 2.24) is 20.4 Å². The summed E-state index contributed by atoms with van der Waals surface area (Å²) in [4.78, 5) is 20.3. The monoisotopic (exact) mass is 433 g/mol. The van der Waals surface area contributed by atoms with E-state index in [4.69, 9.17) is 4.74 Å². The molecule has 7 nitrogen and oxygen atoms in total. The Kier molecular flexibility index (Phi) is 8.51. The highest BCUT2D eigenvalue weighted by molar-refractivity contribution is 5.80. The molecule has 1 aromatic carbocycles. The fourth-order valence-corrected chi connectivity index (χ4v) is 3.59. The third-order valence-corrected chi connectivity index (χ3v) is 5.83. The highest BCUT2D eigenvalue weighted by atomic mass is 19.1. The lowest BCUT2D eigenvalue weighted by atomic mass is 10.1. The molecule has 8 heteroatoms. The molecule has 31 heavy (non-hydrogen) atoms. The highest BCUT2D eigenvalue weighted by Crippen LogP contribution is 2.30. The Morgan fingerprint density at radius 3 is 2.65 bits per heavy atom. The average molecular weight is 434 g/mol. The van der Waals surface area contributed by atoms with Crippen LogP contribution in [-0.2, 0) is 4.79 Å². The van der Waals surface area contributed by atoms with Gasteiger partial charge >= 0.3 is 0 Å². The number of hydrogen-bond acceptors (Lipinski definition) is 4. The summed E-state index contributed by atoms with van der Waals surface area (Å²) >= 11 is 0. The number of benzene rings is 1. The zero-order valence-corrected chi connectivity index (χ0v) is 19.0. The van der Waals surface area contributed by atoms with Gasteiger partial charge in [0.15, 0.2) is 17.5 Å². The molecule has 172 valence electrons. The molecule has 2 fully saturated rings. The SMILES string of the molecule is CCNC(=NCCN1CCN(C(C)=O)CC1)NC(C)c1ccc(OCC2CC2)c(F)c1. The molecule has 1 unspecified atom stereocenters. The first-order chi connectivity index (χ1) is 15.0. The second-order valence-electron chi connectivity index (χ2n) is 8.42. The third kappa shape index (κ3) is 7.38. The lowest BCUT2D eigenvalue weighted by Gasteiger charge is -2.33. The van der Waals surface area contributed by atoms with E-state index < -0.39 is 0 Å². The fourth-order valence-electron chi connectivity index (χ4n) is 3.59. The van der Waals surface area contributed by atoms with Gasteiger partial charge in [-0.15, -0.1) is 0 Å². The van der Waals surface area contributed by atoms with E-state index in [-0.39, 0.29) is 17.8 Å². The van der Waals surface area contributed by atoms with Gasteiger partial charge in [0.1, 0.15) is 0 Å². The molecule has 2 N–H and O–H groups in total. The number of rotatable bonds is 9. The van der Waals surface area contributed by atoms with Crippen molar-refractivity contribution in [1.29, 1.82) is 0 Å². The van der Waals surface area contributed by atoms with Crippen molar-refractivity contribution in [2.24, 2.45) is 10.9 Å². The number of nitrogens with zero attached hydrogens (tertiary/aromatic N) is 3. The largest absolute Gasteiger partial charge is 0.490 e. The molecule has 1 aromatic rings. The van der Waals surface area contributed by atoms with Crippen molar-refractivity contribution < 1.29 is 13.9 Å². The first-order valence-corrected chi connectivity index (χ1v) is 11.4. The van der Waals surface area contributed by atoms with Crippen molar-refractivity contribution in [3.05, 3.63) is 29.6 Å². The molecule has 1 saturated heterocycles. The van der Waals surface area contributed by atoms with Crippen LogP contribution in [0.15, 0.2) is 23.2 Å². The molecular weight excluding hydrogens is 397 g/mol. The maximum atomic E-state index is 14.4. The van der Waals surface area contributed by atoms with Crippen molar-refractivity contribution in [3.8, 4) is 5.75 Å². The lowest BCUT2D eigenvalue weighted by molar-refractivity contribution is -0.130. The second-order valence-corrected chi connectivity index (χ2v) is 8.42. The molecule has 0 aromatic heterocycles. The van der Waals surface area contributed by atoms with Crippen molar-refractivity contribution >= 4 is 11.9 Å². The summed E-state index contributed by atoms with van der Waals surface area (Å²) in [5.41, 5.74) is 0.849. The minimum Gasteiger partial charge on any atom is -0.490 e. The van der Waals surface area contributed by atoms with E-state index in [1.807, 2.05) is 24.8 Å². The van der Waals surface area contributed by atoms with Crippen LogP contribution < -0.4 is 15.4 Å². The maximum absolute atomic E-state index is 14.4. The number of ether oxygens (including phenoxy) is 1. The van der Waals surface area contributed by atoms with Gasteiger partial charge in [-0.3, -0.25) is 14.7 Å². The van der Waals surface area contributed by atoms with Gasteiger partial charge in [0.2, 0.25) is 5.91 Å². The van der Waals surface area contributed by atoms with Gasteiger partial charge in [-0.25, -0.2) is 4.39 Å². The predicted molar refractivity (Wildman–Crippen MR) is 121 cm³/mol. The van der Waals surface area contributed by atoms with E-state index in [2.05, 4.69) is 20.5 Å². The fraction of sp³-hybridized carbons (Fsp3) is 0.652. The van der Waals surface area contributed by atoms with Crippen LogP contribution in [0, 0.1) is 11.7 Å². The van der Waals surface area contributed by atoms with Gasteiger partial charge in [-0.05, 0) is 50.3 Å². The molecule has 1 saturated carbocycles. The number of guanidine groups is 1. The first-order valence-electron chi connectivity index (χ1n) is 11.4. The second kappa shape index (κ2) is 11.3. The third-order valence-electron chi connectivity index (χ3n) is 5.83. The number of aliphatic imine (C=N–C) groups is 1. The number of piperazine rings is 1. The summed E-state index contributed by atoms with van der Waals surface area (Å²) in [6, 6.07) is 5.07. The van der Waals surface area contributed by atoms with Crippen LogP contribution in [0.25, 0.3) is 0 Å². The summed E-state index contributed by atoms with van der Waals surface area (Å²) < 4.78 is 20.0. The van der Waals surface area contributed by atoms with E-state index in [9.17, 15) is 9.18 Å². The summed E-state index contributed by atoms with van der Waals surface area (Å²) in [5, 5.41) is 6.62. The van der Waals surface area contributed by atoms with Crippen molar-refractivity contribution in [3.63, 3.8) is 0 Å². The van der Waals surface area contributed by atoms with Crippen LogP contribution in [-0.4, -0.2) is 74.1 Å². The number of nitrogens with one attached hydrogen (secondary N) is 2. The minimum atomic E-state index is -0.321. The van der Waals surface area contributed by atoms with E-state index in [0.717, 1.165) is 44.8 Å². The molecule has 1 aliphatic carbocycles. The molecule has 1 amide bonds. The van der Waals surface area contributed by atoms with Crippen LogP contribution in [0.4, 0.5) is 4.39 Å². The van der Waals surface area contributed by atoms with Gasteiger partial charge in [0.05, 0.1) is 19.2 Å². The topological polar surface area (TPSA) is 69.2 Å². The van der Waals surface area contributed by atoms with Gasteiger partial charge < -0.3 is 20.3 Å². The van der Waals surface area contributed by atoms with Crippen molar-refractivity contribution in [2.45, 2.75) is 39.7 Å². The summed E-state index contributed by atoms with van der Waals surface area (Å²) in [6.45, 7) is 11.8. The zero-order valence-electron chi connectivity index (χ0n) is 19.0. The number of carbonyl (C=O) groups is 1. The lowest BCUT2D eigenvalue weighted by Crippen LogP contribution is -2.48. The van der Waals surface area contributed by atoms with E-state index in [1.165, 1.54) is 18.9 Å². The number of carbonyl (C=O) groups excluding carboxylic acids is 1. The Morgan fingerprint density at radius 1 is 1.29 bits per heavy atom. The van der Waals surface area contributed by atoms with Crippen LogP contribution in [0.1, 0.15) is 45.2 Å². The number of amides is 1. The standard InChI is InChI=1S/C23H36FN5O2/c1-4-25-23(26-9-10-28-11-13-29(14-12-28)18(3)30)27-17(2)20-7-8-22(21(24)15-20)31-16-19-5-6-19/h7-8,15,17,19H,4-6,9-14,16H2,1-3H3,(H2,25,26,27). The quantitative estimate of drug-likeness (QED) is 0.462. The molecule has 1 atom stereocenters. The Hall–Kier alpha value is -2.35. The van der Waals surface area contributed by atoms with Crippen LogP contribution in [0.2, 0.25) is 0 Å². The Balaban J connectivity index is 1.49. The molecular formula is C23H36FN5O2. The van der Waals surface area contributed by atoms with Crippen molar-refractivity contribution in [2.75, 3.05) is 52.4 Å². The summed E-state index contributed by atoms with van der Waals surface area (Å²) in [5.74, 6) is 1.46. The summed E-state index contributed by atoms with van der Waals surface area (Å²) in [7, 11) is 0. The zero-order chi connectivity index (χ0) is 22.2. The normalized spacial score (nSPS) is 18.6. The van der Waals surface area contributed by atoms with E-state index >= 15 is 0 Å². The molecule has 2 aliphatic rings. The Labute approximate surface area is 185 Å². The first kappa shape index (κ1) is 23.3. The molecule has 0 radical (unpaired) electrons. The highest BCUT2D eigenvalue weighted by Gasteiger charge is 2.23. The Morgan fingerprint density at radius 2 is 2.03 bits per heavy atom. The van der Waals surface area contributed by atoms with Gasteiger partial charge in [0, 0.05) is 46.2 Å². The number of halogens is 1. The molecule has 3 rings (SSSR count). The molecule has 1 aliphatic heterocycles. The average Bonchev–Trinajstić information content (AvgIpc) is 3.58. The molecule has 0 spiro atoms. The number of hydrogen-bond donors (Lipinski definition) is 2. The maximum Gasteiger partial charge on any atom is 0.219 e. The minimum absolute atomic E-state index is 0.0936. The molecule has 1 heterocycles. The van der Waals surface area contributed by atoms with Crippen LogP contribution in [0.5, 0.6) is 5.75 Å².